The van der Waals surface area contributed by atoms with Crippen LogP contribution in [-0.4, -0.2) is 178 Å². The average Bonchev–Trinajstić information content (AvgIpc) is 2.08. The molecule has 9 rings (SSSR count). The van der Waals surface area contributed by atoms with Crippen LogP contribution in [0.1, 0.15) is 44.9 Å². The van der Waals surface area contributed by atoms with Crippen molar-refractivity contribution in [2.24, 2.45) is 0 Å². The number of H-pyrrole nitrogens is 3. The smallest absolute Gasteiger partial charge is 0.388 e. The quantitative estimate of drug-likeness (QED) is 0.0226. The highest BCUT2D eigenvalue weighted by Crippen LogP contribution is 2.66. The van der Waals surface area contributed by atoms with E-state index in [9.17, 15) is 57.4 Å². The molecule has 0 saturated carbocycles. The van der Waals surface area contributed by atoms with Crippen LogP contribution >= 0.6 is 60.0 Å². The highest BCUT2D eigenvalue weighted by atomic mass is 127. The van der Waals surface area contributed by atoms with Gasteiger partial charge in [-0.3, -0.25) is 56.7 Å². The first-order valence-electron chi connectivity index (χ1n) is 23.8. The van der Waals surface area contributed by atoms with Gasteiger partial charge in [0.05, 0.1) is 25.6 Å². The van der Waals surface area contributed by atoms with Crippen molar-refractivity contribution in [1.29, 1.82) is 0 Å². The van der Waals surface area contributed by atoms with Crippen LogP contribution in [-0.2, 0) is 64.4 Å². The van der Waals surface area contributed by atoms with Crippen LogP contribution in [0, 0.1) is 0 Å². The maximum atomic E-state index is 12.1. The molecule has 6 aromatic rings. The number of fused-ring (bicyclic) bond motifs is 3. The number of imidazole rings is 3. The van der Waals surface area contributed by atoms with Gasteiger partial charge in [0.1, 0.15) is 30.2 Å². The van der Waals surface area contributed by atoms with Gasteiger partial charge >= 0.3 is 30.8 Å². The molecule has 0 aromatic carbocycles. The van der Waals surface area contributed by atoms with Crippen molar-refractivity contribution in [1.82, 2.24) is 58.6 Å². The van der Waals surface area contributed by atoms with Crippen molar-refractivity contribution in [3.8, 4) is 0 Å². The van der Waals surface area contributed by atoms with E-state index in [-0.39, 0.29) is 76.9 Å². The Kier molecular flexibility index (Phi) is 22.5. The Labute approximate surface area is 483 Å². The fourth-order valence-electron chi connectivity index (χ4n) is 7.53. The van der Waals surface area contributed by atoms with E-state index in [1.807, 2.05) is 0 Å². The molecule has 3 unspecified atom stereocenters. The Morgan fingerprint density at radius 1 is 0.607 bits per heavy atom. The summed E-state index contributed by atoms with van der Waals surface area (Å²) in [5.41, 5.74) is 14.6. The minimum atomic E-state index is -5.61. The summed E-state index contributed by atoms with van der Waals surface area (Å²) in [5.74, 6) is -0.405. The SMILES string of the molecule is CCOP(C)(=O)CO[C@@H]1C[C@H](O)[C@H](n2cnc3c(=O)[nH]c(N)nc32)O1.C[Si](C)(C)I.Nc1nc2c(ncn2[C@@H]2O[C@H](OCP(=O)(O)O)C[C@@H]2O)c(=O)[nH]1.Nc1nc2c(ncn2[C@@H]2O[C@H](OCP(=O)(O)OP(=O)(O)OP(=O)(O)O)C[C@@H]2O)c(=O)[nH]1. The molecule has 0 bridgehead atoms. The standard InChI is InChI=1S/C13H20N5O6P.C10H16N5O13P3.C10H14N5O7P.C3H9ISi/c1-3-23-25(2,21)6-22-8-4-7(19)12(24-8)18-5-15-9-10(18)16-13(14)17-11(9)20;11-10-13-7-6(8(17)14-10)12-2-15(7)9-4(16)1-5(26-9)25-3-29(18,19)27-31(23,24)28-30(20,21)22;11-10-13-7-6(8(17)14-10)12-2-15(7)9-4(16)1-5(22-9)21-3-23(18,19)20;1-5(2,3)4/h5,7-8,12,19H,3-4,6H2,1-2H3,(H3,14,16,17,20);2,4-5,9,16H,1,3H2,(H,18,19)(H,23,24)(H2,20,21,22)(H3,11,13,14,17);2,4-5,9,16H,1,3H2,(H2,18,19,20)(H3,11,13,14,17);1-3H3/t7-,8-,12+,25?;2*4-,5-,9+;/m000./s1. The number of hydrogen-bond acceptors (Lipinski definition) is 29. The molecule has 18 N–H and O–H groups in total. The number of aliphatic hydroxyl groups is 3. The van der Waals surface area contributed by atoms with Crippen molar-refractivity contribution >= 4 is 117 Å². The third-order valence-corrected chi connectivity index (χ3v) is 16.4. The Hall–Kier alpha value is -4.17. The van der Waals surface area contributed by atoms with Crippen molar-refractivity contribution in [2.75, 3.05) is 49.5 Å². The van der Waals surface area contributed by atoms with Gasteiger partial charge in [-0.15, -0.1) is 21.8 Å². The van der Waals surface area contributed by atoms with Crippen LogP contribution in [0.2, 0.25) is 19.6 Å². The monoisotopic (exact) mass is 1430 g/mol. The maximum Gasteiger partial charge on any atom is 0.488 e. The zero-order valence-corrected chi connectivity index (χ0v) is 51.8. The van der Waals surface area contributed by atoms with Gasteiger partial charge in [-0.1, -0.05) is 19.6 Å². The fraction of sp³-hybridized carbons (Fsp3) is 0.583. The molecule has 0 aliphatic carbocycles. The van der Waals surface area contributed by atoms with Crippen LogP contribution in [0.15, 0.2) is 33.4 Å². The number of halogens is 1. The number of nitrogens with one attached hydrogen (secondary N) is 3. The van der Waals surface area contributed by atoms with Crippen LogP contribution in [0.25, 0.3) is 33.5 Å². The van der Waals surface area contributed by atoms with Crippen LogP contribution in [0.4, 0.5) is 17.8 Å². The molecule has 84 heavy (non-hydrogen) atoms. The number of anilines is 3. The van der Waals surface area contributed by atoms with E-state index in [1.54, 1.807) is 6.92 Å². The number of phosphoric acid groups is 2. The van der Waals surface area contributed by atoms with Gasteiger partial charge < -0.3 is 94.8 Å². The van der Waals surface area contributed by atoms with Crippen molar-refractivity contribution in [2.45, 2.75) is 102 Å². The van der Waals surface area contributed by atoms with E-state index in [1.165, 1.54) is 33.0 Å². The second-order valence-electron chi connectivity index (χ2n) is 18.9. The largest absolute Gasteiger partial charge is 0.488 e. The third-order valence-electron chi connectivity index (χ3n) is 10.5. The van der Waals surface area contributed by atoms with Gasteiger partial charge in [-0.05, 0) is 6.92 Å². The van der Waals surface area contributed by atoms with Gasteiger partial charge in [-0.25, -0.2) is 28.4 Å². The lowest BCUT2D eigenvalue weighted by Crippen LogP contribution is -2.20. The van der Waals surface area contributed by atoms with E-state index in [2.05, 4.69) is 94.9 Å². The molecule has 48 heteroatoms. The second kappa shape index (κ2) is 27.5. The Bertz CT molecular complexity index is 3710. The first-order valence-corrected chi connectivity index (χ1v) is 39.3. The summed E-state index contributed by atoms with van der Waals surface area (Å²) in [6, 6.07) is 0. The van der Waals surface area contributed by atoms with Gasteiger partial charge in [-0.2, -0.15) is 19.3 Å². The number of ether oxygens (including phenoxy) is 6. The summed E-state index contributed by atoms with van der Waals surface area (Å²) in [6.07, 6.45) is -7.94. The first kappa shape index (κ1) is 68.9. The van der Waals surface area contributed by atoms with E-state index in [0.717, 1.165) is 6.33 Å². The lowest BCUT2D eigenvalue weighted by molar-refractivity contribution is -0.145. The molecule has 3 fully saturated rings. The molecular formula is C36H59IN15O26P5Si. The van der Waals surface area contributed by atoms with Gasteiger partial charge in [0, 0.05) is 25.9 Å². The fourth-order valence-corrected chi connectivity index (χ4v) is 12.2. The maximum absolute atomic E-state index is 12.1. The summed E-state index contributed by atoms with van der Waals surface area (Å²) in [7, 11) is -23.4. The molecule has 0 spiro atoms. The van der Waals surface area contributed by atoms with Crippen molar-refractivity contribution in [3.05, 3.63) is 50.0 Å². The molecule has 3 saturated heterocycles. The summed E-state index contributed by atoms with van der Waals surface area (Å²) in [6.45, 7) is 10.5. The zero-order valence-electron chi connectivity index (χ0n) is 44.2. The molecule has 0 amide bonds. The number of aliphatic hydroxyl groups excluding tert-OH is 3. The summed E-state index contributed by atoms with van der Waals surface area (Å²) in [5, 5.41) is 30.5. The molecule has 6 aromatic heterocycles. The molecular weight excluding hydrogens is 1370 g/mol. The Morgan fingerprint density at radius 3 is 1.24 bits per heavy atom. The highest BCUT2D eigenvalue weighted by molar-refractivity contribution is 14.1. The van der Waals surface area contributed by atoms with E-state index >= 15 is 0 Å². The molecule has 3 aliphatic heterocycles. The Morgan fingerprint density at radius 2 is 0.929 bits per heavy atom. The number of hydrogen-bond donors (Lipinski definition) is 15. The molecule has 9 heterocycles. The van der Waals surface area contributed by atoms with E-state index in [0.29, 0.717) is 6.61 Å². The molecule has 0 radical (unpaired) electrons. The highest BCUT2D eigenvalue weighted by Gasteiger charge is 2.43. The zero-order chi connectivity index (χ0) is 62.7. The van der Waals surface area contributed by atoms with Gasteiger partial charge in [0.25, 0.3) is 16.7 Å². The lowest BCUT2D eigenvalue weighted by Gasteiger charge is -2.19. The number of nitrogens with zero attached hydrogens (tertiary/aromatic N) is 9. The number of aromatic amines is 3. The van der Waals surface area contributed by atoms with Crippen LogP contribution in [0.3, 0.4) is 0 Å². The number of rotatable bonds is 18. The average molecular weight is 1430 g/mol. The third kappa shape index (κ3) is 19.7. The minimum absolute atomic E-state index is 0.0109. The minimum Gasteiger partial charge on any atom is -0.388 e. The number of nitrogen functional groups attached to an aromatic ring is 3. The molecule has 3 aliphatic rings. The van der Waals surface area contributed by atoms with Crippen molar-refractivity contribution in [3.63, 3.8) is 0 Å². The molecule has 470 valence electrons. The van der Waals surface area contributed by atoms with E-state index < -0.39 is 129 Å². The molecule has 12 atom stereocenters. The summed E-state index contributed by atoms with van der Waals surface area (Å²) >= 11 is 2.52. The van der Waals surface area contributed by atoms with Gasteiger partial charge in [0.15, 0.2) is 83.7 Å². The predicted molar refractivity (Wildman–Crippen MR) is 298 cm³/mol. The van der Waals surface area contributed by atoms with Crippen LogP contribution in [0.5, 0.6) is 0 Å². The number of nitrogens with two attached hydrogens (primary N) is 3. The number of aromatic nitrogens is 12. The predicted octanol–water partition coefficient (Wildman–Crippen LogP) is -0.364. The topological polar surface area (TPSA) is 619 Å². The van der Waals surface area contributed by atoms with Crippen LogP contribution < -0.4 is 33.9 Å². The van der Waals surface area contributed by atoms with Gasteiger partial charge in [0.2, 0.25) is 25.2 Å². The lowest BCUT2D eigenvalue weighted by atomic mass is 10.2. The molecule has 41 nitrogen and oxygen atoms in total. The normalized spacial score (nSPS) is 25.0. The van der Waals surface area contributed by atoms with E-state index in [4.69, 9.17) is 74.6 Å². The summed E-state index contributed by atoms with van der Waals surface area (Å²) < 4.78 is 105. The first-order chi connectivity index (χ1) is 38.7. The van der Waals surface area contributed by atoms with Crippen molar-refractivity contribution < 1.29 is 109 Å². The second-order valence-corrected chi connectivity index (χ2v) is 41.6. The summed E-state index contributed by atoms with van der Waals surface area (Å²) in [4.78, 5) is 119. The Balaban J connectivity index is 0.000000196.